The molecule has 1 aliphatic rings. The first kappa shape index (κ1) is 23.1. The average molecular weight is 446 g/mol. The van der Waals surface area contributed by atoms with E-state index in [1.54, 1.807) is 24.3 Å². The Hall–Kier alpha value is -2.57. The molecule has 0 aromatic heterocycles. The van der Waals surface area contributed by atoms with Crippen LogP contribution in [0.15, 0.2) is 54.6 Å². The van der Waals surface area contributed by atoms with Crippen molar-refractivity contribution in [2.24, 2.45) is 5.92 Å². The van der Waals surface area contributed by atoms with Gasteiger partial charge < -0.3 is 14.2 Å². The van der Waals surface area contributed by atoms with Crippen LogP contribution in [0.1, 0.15) is 24.8 Å². The maximum atomic E-state index is 12.5. The van der Waals surface area contributed by atoms with E-state index < -0.39 is 0 Å². The molecule has 0 spiro atoms. The smallest absolute Gasteiger partial charge is 0.308 e. The lowest BCUT2D eigenvalue weighted by molar-refractivity contribution is -0.149. The van der Waals surface area contributed by atoms with Gasteiger partial charge in [-0.15, -0.1) is 0 Å². The van der Waals surface area contributed by atoms with Crippen LogP contribution >= 0.6 is 11.6 Å². The highest BCUT2D eigenvalue weighted by Gasteiger charge is 2.31. The third-order valence-corrected chi connectivity index (χ3v) is 5.73. The third-order valence-electron chi connectivity index (χ3n) is 5.48. The molecule has 1 saturated heterocycles. The fourth-order valence-electron chi connectivity index (χ4n) is 3.67. The van der Waals surface area contributed by atoms with Crippen molar-refractivity contribution in [1.29, 1.82) is 0 Å². The van der Waals surface area contributed by atoms with Gasteiger partial charge in [0.2, 0.25) is 0 Å². The van der Waals surface area contributed by atoms with E-state index in [9.17, 15) is 9.59 Å². The summed E-state index contributed by atoms with van der Waals surface area (Å²) in [5.74, 6) is 0.153. The molecule has 1 fully saturated rings. The van der Waals surface area contributed by atoms with E-state index in [-0.39, 0.29) is 36.9 Å². The Morgan fingerprint density at radius 2 is 1.74 bits per heavy atom. The molecule has 2 aromatic carbocycles. The summed E-state index contributed by atoms with van der Waals surface area (Å²) in [5, 5.41) is 0.637. The van der Waals surface area contributed by atoms with Gasteiger partial charge in [0.05, 0.1) is 25.5 Å². The second-order valence-electron chi connectivity index (χ2n) is 7.60. The maximum absolute atomic E-state index is 12.5. The van der Waals surface area contributed by atoms with Gasteiger partial charge in [0.25, 0.3) is 0 Å². The molecule has 6 nitrogen and oxygen atoms in total. The van der Waals surface area contributed by atoms with Gasteiger partial charge >= 0.3 is 11.9 Å². The fraction of sp³-hybridized carbons (Fsp3) is 0.417. The minimum Gasteiger partial charge on any atom is -0.492 e. The van der Waals surface area contributed by atoms with Crippen molar-refractivity contribution < 1.29 is 23.8 Å². The number of nitrogens with zero attached hydrogens (tertiary/aromatic N) is 1. The first-order valence-electron chi connectivity index (χ1n) is 10.4. The van der Waals surface area contributed by atoms with E-state index >= 15 is 0 Å². The highest BCUT2D eigenvalue weighted by Crippen LogP contribution is 2.23. The van der Waals surface area contributed by atoms with E-state index in [1.807, 2.05) is 30.3 Å². The summed E-state index contributed by atoms with van der Waals surface area (Å²) in [7, 11) is 1.42. The number of hydrogen-bond donors (Lipinski definition) is 0. The summed E-state index contributed by atoms with van der Waals surface area (Å²) in [5.41, 5.74) is 0.948. The normalized spacial score (nSPS) is 15.8. The van der Waals surface area contributed by atoms with Gasteiger partial charge in [0.1, 0.15) is 19.0 Å². The molecule has 1 aliphatic heterocycles. The van der Waals surface area contributed by atoms with E-state index in [2.05, 4.69) is 4.90 Å². The Bertz CT molecular complexity index is 835. The first-order valence-corrected chi connectivity index (χ1v) is 10.8. The zero-order chi connectivity index (χ0) is 22.1. The summed E-state index contributed by atoms with van der Waals surface area (Å²) in [6.45, 7) is 1.97. The van der Waals surface area contributed by atoms with Gasteiger partial charge in [-0.1, -0.05) is 41.9 Å². The predicted molar refractivity (Wildman–Crippen MR) is 118 cm³/mol. The standard InChI is InChI=1S/C24H28ClNO5/c1-29-24(28)19-11-13-26(14-12-19)21(17-30-22-9-7-20(25)8-10-22)15-23(27)31-16-18-5-3-2-4-6-18/h2-10,19,21H,11-17H2,1H3. The number of likely N-dealkylation sites (tertiary alicyclic amines) is 1. The molecule has 31 heavy (non-hydrogen) atoms. The first-order chi connectivity index (χ1) is 15.0. The molecule has 2 aromatic rings. The second kappa shape index (κ2) is 11.7. The minimum atomic E-state index is -0.274. The van der Waals surface area contributed by atoms with Crippen LogP contribution in [0.5, 0.6) is 5.75 Å². The molecule has 0 aliphatic carbocycles. The molecule has 7 heteroatoms. The number of ether oxygens (including phenoxy) is 3. The monoisotopic (exact) mass is 445 g/mol. The Morgan fingerprint density at radius 3 is 2.39 bits per heavy atom. The number of carbonyl (C=O) groups excluding carboxylic acids is 2. The van der Waals surface area contributed by atoms with Crippen LogP contribution in [-0.2, 0) is 25.7 Å². The van der Waals surface area contributed by atoms with Gasteiger partial charge in [0.15, 0.2) is 0 Å². The lowest BCUT2D eigenvalue weighted by Gasteiger charge is -2.36. The van der Waals surface area contributed by atoms with Crippen LogP contribution in [0.3, 0.4) is 0 Å². The maximum Gasteiger partial charge on any atom is 0.308 e. The molecule has 1 unspecified atom stereocenters. The van der Waals surface area contributed by atoms with Crippen molar-refractivity contribution in [1.82, 2.24) is 4.90 Å². The summed E-state index contributed by atoms with van der Waals surface area (Å²) >= 11 is 5.94. The highest BCUT2D eigenvalue weighted by molar-refractivity contribution is 6.30. The fourth-order valence-corrected chi connectivity index (χ4v) is 3.80. The molecule has 0 radical (unpaired) electrons. The van der Waals surface area contributed by atoms with Crippen molar-refractivity contribution >= 4 is 23.5 Å². The van der Waals surface area contributed by atoms with E-state index in [4.69, 9.17) is 25.8 Å². The Morgan fingerprint density at radius 1 is 1.06 bits per heavy atom. The van der Waals surface area contributed by atoms with Crippen molar-refractivity contribution in [3.63, 3.8) is 0 Å². The molecular weight excluding hydrogens is 418 g/mol. The van der Waals surface area contributed by atoms with Gasteiger partial charge in [-0.3, -0.25) is 14.5 Å². The number of carbonyl (C=O) groups is 2. The van der Waals surface area contributed by atoms with Crippen molar-refractivity contribution in [3.8, 4) is 5.75 Å². The molecule has 1 heterocycles. The number of esters is 2. The quantitative estimate of drug-likeness (QED) is 0.541. The van der Waals surface area contributed by atoms with Crippen LogP contribution in [0.25, 0.3) is 0 Å². The summed E-state index contributed by atoms with van der Waals surface area (Å²) in [4.78, 5) is 26.6. The molecule has 3 rings (SSSR count). The molecule has 1 atom stereocenters. The van der Waals surface area contributed by atoms with Crippen molar-refractivity contribution in [3.05, 3.63) is 65.2 Å². The lowest BCUT2D eigenvalue weighted by atomic mass is 9.95. The molecule has 166 valence electrons. The number of benzene rings is 2. The van der Waals surface area contributed by atoms with Crippen LogP contribution in [0.2, 0.25) is 5.02 Å². The van der Waals surface area contributed by atoms with E-state index in [0.29, 0.717) is 43.3 Å². The zero-order valence-electron chi connectivity index (χ0n) is 17.7. The summed E-state index contributed by atoms with van der Waals surface area (Å²) in [6.07, 6.45) is 1.61. The zero-order valence-corrected chi connectivity index (χ0v) is 18.4. The molecule has 0 amide bonds. The number of hydrogen-bond acceptors (Lipinski definition) is 6. The topological polar surface area (TPSA) is 65.1 Å². The molecular formula is C24H28ClNO5. The summed E-state index contributed by atoms with van der Waals surface area (Å²) in [6, 6.07) is 16.6. The second-order valence-corrected chi connectivity index (χ2v) is 8.04. The number of methoxy groups -OCH3 is 1. The predicted octanol–water partition coefficient (Wildman–Crippen LogP) is 4.11. The van der Waals surface area contributed by atoms with E-state index in [1.165, 1.54) is 7.11 Å². The van der Waals surface area contributed by atoms with Gasteiger partial charge in [-0.05, 0) is 55.8 Å². The van der Waals surface area contributed by atoms with Gasteiger partial charge in [-0.25, -0.2) is 0 Å². The van der Waals surface area contributed by atoms with Gasteiger partial charge in [0, 0.05) is 5.02 Å². The summed E-state index contributed by atoms with van der Waals surface area (Å²) < 4.78 is 16.3. The molecule has 0 N–H and O–H groups in total. The third kappa shape index (κ3) is 7.26. The van der Waals surface area contributed by atoms with Crippen LogP contribution in [0, 0.1) is 5.92 Å². The minimum absolute atomic E-state index is 0.0934. The van der Waals surface area contributed by atoms with Crippen LogP contribution in [-0.4, -0.2) is 49.7 Å². The highest BCUT2D eigenvalue weighted by atomic mass is 35.5. The number of rotatable bonds is 9. The Balaban J connectivity index is 1.58. The van der Waals surface area contributed by atoms with Crippen molar-refractivity contribution in [2.45, 2.75) is 31.9 Å². The van der Waals surface area contributed by atoms with Crippen LogP contribution < -0.4 is 4.74 Å². The average Bonchev–Trinajstić information content (AvgIpc) is 2.81. The van der Waals surface area contributed by atoms with E-state index in [0.717, 1.165) is 5.56 Å². The molecule has 0 saturated carbocycles. The Labute approximate surface area is 188 Å². The largest absolute Gasteiger partial charge is 0.492 e. The SMILES string of the molecule is COC(=O)C1CCN(C(COc2ccc(Cl)cc2)CC(=O)OCc2ccccc2)CC1. The number of piperidine rings is 1. The number of halogens is 1. The van der Waals surface area contributed by atoms with Crippen LogP contribution in [0.4, 0.5) is 0 Å². The molecule has 0 bridgehead atoms. The Kier molecular flexibility index (Phi) is 8.74. The van der Waals surface area contributed by atoms with Gasteiger partial charge in [-0.2, -0.15) is 0 Å². The lowest BCUT2D eigenvalue weighted by Crippen LogP contribution is -2.46. The van der Waals surface area contributed by atoms with Crippen molar-refractivity contribution in [2.75, 3.05) is 26.8 Å².